The Kier molecular flexibility index (Phi) is 6.26. The molecule has 1 aliphatic rings. The maximum absolute atomic E-state index is 13.3. The average Bonchev–Trinajstić information content (AvgIpc) is 2.49. The van der Waals surface area contributed by atoms with Crippen molar-refractivity contribution in [2.24, 2.45) is 0 Å². The second kappa shape index (κ2) is 7.83. The van der Waals surface area contributed by atoms with Gasteiger partial charge in [0.05, 0.1) is 4.47 Å². The standard InChI is InChI=1S/C18H26BrFN2O2/c1-12(13-5-6-16(20)15(19)11-13)21-14-7-9-22(10-8-14)17(23)24-18(2,3)4/h5-6,11-12,14,21H,7-10H2,1-4H3. The van der Waals surface area contributed by atoms with Crippen LogP contribution >= 0.6 is 15.9 Å². The van der Waals surface area contributed by atoms with Crippen LogP contribution in [0.25, 0.3) is 0 Å². The lowest BCUT2D eigenvalue weighted by Gasteiger charge is -2.35. The van der Waals surface area contributed by atoms with Gasteiger partial charge >= 0.3 is 6.09 Å². The van der Waals surface area contributed by atoms with Gasteiger partial charge in [-0.15, -0.1) is 0 Å². The lowest BCUT2D eigenvalue weighted by Crippen LogP contribution is -2.46. The predicted octanol–water partition coefficient (Wildman–Crippen LogP) is 4.64. The van der Waals surface area contributed by atoms with Crippen LogP contribution in [0, 0.1) is 5.82 Å². The summed E-state index contributed by atoms with van der Waals surface area (Å²) in [6.45, 7) is 9.07. The lowest BCUT2D eigenvalue weighted by atomic mass is 10.0. The molecule has 1 atom stereocenters. The molecule has 1 unspecified atom stereocenters. The fraction of sp³-hybridized carbons (Fsp3) is 0.611. The highest BCUT2D eigenvalue weighted by Crippen LogP contribution is 2.23. The number of likely N-dealkylation sites (tertiary alicyclic amines) is 1. The van der Waals surface area contributed by atoms with E-state index in [1.165, 1.54) is 6.07 Å². The third-order valence-corrected chi connectivity index (χ3v) is 4.68. The van der Waals surface area contributed by atoms with E-state index in [9.17, 15) is 9.18 Å². The first-order valence-electron chi connectivity index (χ1n) is 8.34. The highest BCUT2D eigenvalue weighted by atomic mass is 79.9. The number of hydrogen-bond acceptors (Lipinski definition) is 3. The summed E-state index contributed by atoms with van der Waals surface area (Å²) < 4.78 is 19.2. The SMILES string of the molecule is CC(NC1CCN(C(=O)OC(C)(C)C)CC1)c1ccc(F)c(Br)c1. The zero-order valence-electron chi connectivity index (χ0n) is 14.7. The molecule has 0 radical (unpaired) electrons. The molecule has 6 heteroatoms. The van der Waals surface area contributed by atoms with E-state index in [-0.39, 0.29) is 18.0 Å². The van der Waals surface area contributed by atoms with Crippen LogP contribution < -0.4 is 5.32 Å². The van der Waals surface area contributed by atoms with Crippen molar-refractivity contribution in [3.8, 4) is 0 Å². The number of piperidine rings is 1. The Morgan fingerprint density at radius 1 is 1.38 bits per heavy atom. The molecule has 134 valence electrons. The molecular weight excluding hydrogens is 375 g/mol. The normalized spacial score (nSPS) is 17.7. The number of rotatable bonds is 3. The van der Waals surface area contributed by atoms with E-state index in [1.54, 1.807) is 11.0 Å². The molecular formula is C18H26BrFN2O2. The van der Waals surface area contributed by atoms with E-state index in [0.717, 1.165) is 18.4 Å². The Bertz CT molecular complexity index is 581. The molecule has 1 amide bonds. The van der Waals surface area contributed by atoms with Gasteiger partial charge in [-0.25, -0.2) is 9.18 Å². The van der Waals surface area contributed by atoms with Crippen molar-refractivity contribution in [1.29, 1.82) is 0 Å². The number of benzene rings is 1. The number of nitrogens with zero attached hydrogens (tertiary/aromatic N) is 1. The van der Waals surface area contributed by atoms with Gasteiger partial charge in [-0.2, -0.15) is 0 Å². The van der Waals surface area contributed by atoms with Crippen molar-refractivity contribution in [2.75, 3.05) is 13.1 Å². The largest absolute Gasteiger partial charge is 0.444 e. The molecule has 0 aliphatic carbocycles. The highest BCUT2D eigenvalue weighted by molar-refractivity contribution is 9.10. The summed E-state index contributed by atoms with van der Waals surface area (Å²) in [5.74, 6) is -0.253. The maximum atomic E-state index is 13.3. The molecule has 1 N–H and O–H groups in total. The van der Waals surface area contributed by atoms with Crippen LogP contribution in [-0.2, 0) is 4.74 Å². The summed E-state index contributed by atoms with van der Waals surface area (Å²) in [5, 5.41) is 3.57. The summed E-state index contributed by atoms with van der Waals surface area (Å²) >= 11 is 3.23. The monoisotopic (exact) mass is 400 g/mol. The van der Waals surface area contributed by atoms with E-state index in [1.807, 2.05) is 26.8 Å². The minimum atomic E-state index is -0.462. The van der Waals surface area contributed by atoms with E-state index in [2.05, 4.69) is 28.2 Å². The van der Waals surface area contributed by atoms with Crippen molar-refractivity contribution in [1.82, 2.24) is 10.2 Å². The Balaban J connectivity index is 1.84. The van der Waals surface area contributed by atoms with Gasteiger partial charge in [0.15, 0.2) is 0 Å². The Hall–Kier alpha value is -1.14. The molecule has 1 aromatic carbocycles. The molecule has 1 fully saturated rings. The van der Waals surface area contributed by atoms with Crippen LogP contribution in [0.3, 0.4) is 0 Å². The number of halogens is 2. The lowest BCUT2D eigenvalue weighted by molar-refractivity contribution is 0.0196. The fourth-order valence-electron chi connectivity index (χ4n) is 2.79. The first kappa shape index (κ1) is 19.2. The third-order valence-electron chi connectivity index (χ3n) is 4.08. The van der Waals surface area contributed by atoms with Crippen molar-refractivity contribution < 1.29 is 13.9 Å². The first-order chi connectivity index (χ1) is 11.2. The maximum Gasteiger partial charge on any atom is 0.410 e. The average molecular weight is 401 g/mol. The van der Waals surface area contributed by atoms with Crippen LogP contribution in [0.2, 0.25) is 0 Å². The van der Waals surface area contributed by atoms with E-state index in [0.29, 0.717) is 23.6 Å². The van der Waals surface area contributed by atoms with Gasteiger partial charge in [0.1, 0.15) is 11.4 Å². The number of carbonyl (C=O) groups excluding carboxylic acids is 1. The number of amides is 1. The fourth-order valence-corrected chi connectivity index (χ4v) is 3.18. The van der Waals surface area contributed by atoms with Gasteiger partial charge in [0.25, 0.3) is 0 Å². The molecule has 24 heavy (non-hydrogen) atoms. The molecule has 2 rings (SSSR count). The predicted molar refractivity (Wildman–Crippen MR) is 96.5 cm³/mol. The second-order valence-electron chi connectivity index (χ2n) is 7.30. The van der Waals surface area contributed by atoms with Crippen molar-refractivity contribution in [3.63, 3.8) is 0 Å². The quantitative estimate of drug-likeness (QED) is 0.803. The Labute approximate surface area is 151 Å². The van der Waals surface area contributed by atoms with E-state index < -0.39 is 5.60 Å². The van der Waals surface area contributed by atoms with Crippen LogP contribution in [0.4, 0.5) is 9.18 Å². The molecule has 4 nitrogen and oxygen atoms in total. The van der Waals surface area contributed by atoms with Gasteiger partial charge in [-0.3, -0.25) is 0 Å². The number of ether oxygens (including phenoxy) is 1. The molecule has 1 aliphatic heterocycles. The summed E-state index contributed by atoms with van der Waals surface area (Å²) in [6.07, 6.45) is 1.52. The molecule has 1 heterocycles. The summed E-state index contributed by atoms with van der Waals surface area (Å²) in [5.41, 5.74) is 0.578. The molecule has 0 spiro atoms. The highest BCUT2D eigenvalue weighted by Gasteiger charge is 2.27. The van der Waals surface area contributed by atoms with Crippen molar-refractivity contribution >= 4 is 22.0 Å². The van der Waals surface area contributed by atoms with E-state index in [4.69, 9.17) is 4.74 Å². The zero-order valence-corrected chi connectivity index (χ0v) is 16.3. The number of hydrogen-bond donors (Lipinski definition) is 1. The smallest absolute Gasteiger partial charge is 0.410 e. The second-order valence-corrected chi connectivity index (χ2v) is 8.16. The van der Waals surface area contributed by atoms with Gasteiger partial charge in [0, 0.05) is 25.2 Å². The third kappa shape index (κ3) is 5.45. The minimum Gasteiger partial charge on any atom is -0.444 e. The Morgan fingerprint density at radius 2 is 2.00 bits per heavy atom. The van der Waals surface area contributed by atoms with Crippen molar-refractivity contribution in [2.45, 2.75) is 58.2 Å². The molecule has 0 saturated carbocycles. The van der Waals surface area contributed by atoms with E-state index >= 15 is 0 Å². The number of nitrogens with one attached hydrogen (secondary N) is 1. The first-order valence-corrected chi connectivity index (χ1v) is 9.14. The van der Waals surface area contributed by atoms with Crippen LogP contribution in [-0.4, -0.2) is 35.7 Å². The molecule has 0 bridgehead atoms. The van der Waals surface area contributed by atoms with Gasteiger partial charge in [0.2, 0.25) is 0 Å². The summed E-state index contributed by atoms with van der Waals surface area (Å²) in [4.78, 5) is 13.8. The van der Waals surface area contributed by atoms with Crippen LogP contribution in [0.15, 0.2) is 22.7 Å². The summed E-state index contributed by atoms with van der Waals surface area (Å²) in [6, 6.07) is 5.54. The van der Waals surface area contributed by atoms with Crippen LogP contribution in [0.5, 0.6) is 0 Å². The van der Waals surface area contributed by atoms with Gasteiger partial charge < -0.3 is 15.0 Å². The summed E-state index contributed by atoms with van der Waals surface area (Å²) in [7, 11) is 0. The Morgan fingerprint density at radius 3 is 2.54 bits per heavy atom. The van der Waals surface area contributed by atoms with Gasteiger partial charge in [-0.05, 0) is 74.2 Å². The topological polar surface area (TPSA) is 41.6 Å². The molecule has 1 aromatic rings. The van der Waals surface area contributed by atoms with Gasteiger partial charge in [-0.1, -0.05) is 6.07 Å². The molecule has 1 saturated heterocycles. The minimum absolute atomic E-state index is 0.125. The number of carbonyl (C=O) groups is 1. The molecule has 0 aromatic heterocycles. The van der Waals surface area contributed by atoms with Crippen molar-refractivity contribution in [3.05, 3.63) is 34.1 Å². The van der Waals surface area contributed by atoms with Crippen LogP contribution in [0.1, 0.15) is 52.1 Å². The zero-order chi connectivity index (χ0) is 17.9.